The first-order valence-corrected chi connectivity index (χ1v) is 5.69. The Morgan fingerprint density at radius 1 is 1.28 bits per heavy atom. The number of methoxy groups -OCH3 is 1. The number of benzene rings is 1. The zero-order chi connectivity index (χ0) is 13.7. The zero-order valence-electron chi connectivity index (χ0n) is 11.0. The molecule has 0 saturated heterocycles. The molecule has 0 aliphatic rings. The fraction of sp³-hybridized carbons (Fsp3) is 0.462. The number of rotatable bonds is 4. The minimum absolute atomic E-state index is 0.0975. The maximum Gasteiger partial charge on any atom is 0.514 e. The first kappa shape index (κ1) is 14.2. The number of hydrogen-bond acceptors (Lipinski definition) is 5. The summed E-state index contributed by atoms with van der Waals surface area (Å²) in [6, 6.07) is 4.31. The Morgan fingerprint density at radius 3 is 2.44 bits per heavy atom. The molecule has 18 heavy (non-hydrogen) atoms. The molecule has 1 unspecified atom stereocenters. The van der Waals surface area contributed by atoms with Crippen LogP contribution in [-0.4, -0.2) is 24.5 Å². The summed E-state index contributed by atoms with van der Waals surface area (Å²) in [5.74, 6) is 0.627. The Labute approximate surface area is 106 Å². The molecule has 0 amide bonds. The van der Waals surface area contributed by atoms with E-state index in [1.807, 2.05) is 13.8 Å². The first-order chi connectivity index (χ1) is 8.43. The number of phenolic OH excluding ortho intramolecular Hbond substituents is 1. The molecule has 5 heteroatoms. The molecular formula is C13H18O5. The summed E-state index contributed by atoms with van der Waals surface area (Å²) in [6.07, 6.45) is -1.02. The van der Waals surface area contributed by atoms with Crippen molar-refractivity contribution in [1.82, 2.24) is 0 Å². The van der Waals surface area contributed by atoms with Gasteiger partial charge in [0.05, 0.1) is 7.11 Å². The Kier molecular flexibility index (Phi) is 4.83. The topological polar surface area (TPSA) is 65.0 Å². The SMILES string of the molecule is COc1ccc(OC(=O)OC(C)C(C)C)cc1O. The molecule has 1 N–H and O–H groups in total. The molecule has 0 aliphatic carbocycles. The Bertz CT molecular complexity index is 414. The van der Waals surface area contributed by atoms with E-state index in [0.29, 0.717) is 5.75 Å². The predicted octanol–water partition coefficient (Wildman–Crippen LogP) is 2.96. The summed E-state index contributed by atoms with van der Waals surface area (Å²) in [5, 5.41) is 9.52. The van der Waals surface area contributed by atoms with Gasteiger partial charge in [0.2, 0.25) is 0 Å². The van der Waals surface area contributed by atoms with Crippen molar-refractivity contribution in [3.63, 3.8) is 0 Å². The van der Waals surface area contributed by atoms with Gasteiger partial charge in [0.15, 0.2) is 11.5 Å². The Hall–Kier alpha value is -1.91. The van der Waals surface area contributed by atoms with Crippen molar-refractivity contribution in [3.05, 3.63) is 18.2 Å². The lowest BCUT2D eigenvalue weighted by Crippen LogP contribution is -2.22. The van der Waals surface area contributed by atoms with Gasteiger partial charge in [0.25, 0.3) is 0 Å². The number of ether oxygens (including phenoxy) is 3. The first-order valence-electron chi connectivity index (χ1n) is 5.69. The molecule has 0 spiro atoms. The van der Waals surface area contributed by atoms with Gasteiger partial charge in [0, 0.05) is 6.07 Å². The minimum atomic E-state index is -0.791. The molecule has 1 rings (SSSR count). The van der Waals surface area contributed by atoms with Gasteiger partial charge in [-0.3, -0.25) is 0 Å². The molecule has 1 aromatic carbocycles. The minimum Gasteiger partial charge on any atom is -0.504 e. The number of aromatic hydroxyl groups is 1. The maximum absolute atomic E-state index is 11.4. The van der Waals surface area contributed by atoms with Gasteiger partial charge in [-0.1, -0.05) is 13.8 Å². The van der Waals surface area contributed by atoms with Crippen molar-refractivity contribution >= 4 is 6.16 Å². The molecule has 0 fully saturated rings. The van der Waals surface area contributed by atoms with Crippen LogP contribution >= 0.6 is 0 Å². The van der Waals surface area contributed by atoms with Crippen LogP contribution in [0.2, 0.25) is 0 Å². The number of phenols is 1. The molecular weight excluding hydrogens is 236 g/mol. The molecule has 5 nitrogen and oxygen atoms in total. The molecule has 1 aromatic rings. The van der Waals surface area contributed by atoms with E-state index in [0.717, 1.165) is 0 Å². The fourth-order valence-electron chi connectivity index (χ4n) is 1.14. The number of carbonyl (C=O) groups excluding carboxylic acids is 1. The molecule has 0 heterocycles. The van der Waals surface area contributed by atoms with Crippen molar-refractivity contribution < 1.29 is 24.1 Å². The lowest BCUT2D eigenvalue weighted by atomic mass is 10.1. The highest BCUT2D eigenvalue weighted by Gasteiger charge is 2.15. The van der Waals surface area contributed by atoms with Gasteiger partial charge >= 0.3 is 6.16 Å². The van der Waals surface area contributed by atoms with Gasteiger partial charge in [-0.2, -0.15) is 0 Å². The van der Waals surface area contributed by atoms with Crippen LogP contribution in [0.3, 0.4) is 0 Å². The lowest BCUT2D eigenvalue weighted by Gasteiger charge is -2.16. The second-order valence-corrected chi connectivity index (χ2v) is 4.25. The standard InChI is InChI=1S/C13H18O5/c1-8(2)9(3)17-13(15)18-10-5-6-12(16-4)11(14)7-10/h5-9,14H,1-4H3. The summed E-state index contributed by atoms with van der Waals surface area (Å²) in [4.78, 5) is 11.4. The summed E-state index contributed by atoms with van der Waals surface area (Å²) in [6.45, 7) is 5.67. The fourth-order valence-corrected chi connectivity index (χ4v) is 1.14. The van der Waals surface area contributed by atoms with Crippen LogP contribution < -0.4 is 9.47 Å². The Balaban J connectivity index is 2.62. The van der Waals surface area contributed by atoms with Gasteiger partial charge < -0.3 is 19.3 Å². The normalized spacial score (nSPS) is 12.1. The van der Waals surface area contributed by atoms with Crippen molar-refractivity contribution in [1.29, 1.82) is 0 Å². The maximum atomic E-state index is 11.4. The Morgan fingerprint density at radius 2 is 1.94 bits per heavy atom. The van der Waals surface area contributed by atoms with E-state index in [1.54, 1.807) is 6.92 Å². The van der Waals surface area contributed by atoms with E-state index in [-0.39, 0.29) is 23.5 Å². The molecule has 0 saturated carbocycles. The number of hydrogen-bond donors (Lipinski definition) is 1. The second kappa shape index (κ2) is 6.14. The quantitative estimate of drug-likeness (QED) is 0.661. The largest absolute Gasteiger partial charge is 0.514 e. The third kappa shape index (κ3) is 3.84. The van der Waals surface area contributed by atoms with Gasteiger partial charge in [-0.15, -0.1) is 0 Å². The molecule has 100 valence electrons. The molecule has 0 radical (unpaired) electrons. The van der Waals surface area contributed by atoms with E-state index < -0.39 is 6.16 Å². The van der Waals surface area contributed by atoms with Gasteiger partial charge in [0.1, 0.15) is 11.9 Å². The third-order valence-corrected chi connectivity index (χ3v) is 2.57. The van der Waals surface area contributed by atoms with Crippen molar-refractivity contribution in [3.8, 4) is 17.2 Å². The highest BCUT2D eigenvalue weighted by Crippen LogP contribution is 2.29. The summed E-state index contributed by atoms with van der Waals surface area (Å²) >= 11 is 0. The highest BCUT2D eigenvalue weighted by atomic mass is 16.7. The van der Waals surface area contributed by atoms with Crippen LogP contribution in [0.25, 0.3) is 0 Å². The molecule has 1 atom stereocenters. The van der Waals surface area contributed by atoms with Crippen LogP contribution in [0.5, 0.6) is 17.2 Å². The van der Waals surface area contributed by atoms with Crippen molar-refractivity contribution in [2.75, 3.05) is 7.11 Å². The molecule has 0 bridgehead atoms. The van der Waals surface area contributed by atoms with Crippen LogP contribution in [0.1, 0.15) is 20.8 Å². The van der Waals surface area contributed by atoms with Crippen molar-refractivity contribution in [2.24, 2.45) is 5.92 Å². The van der Waals surface area contributed by atoms with Crippen LogP contribution in [0, 0.1) is 5.92 Å². The highest BCUT2D eigenvalue weighted by molar-refractivity contribution is 5.64. The van der Waals surface area contributed by atoms with E-state index in [4.69, 9.17) is 14.2 Å². The van der Waals surface area contributed by atoms with E-state index in [1.165, 1.54) is 25.3 Å². The molecule has 0 aliphatic heterocycles. The smallest absolute Gasteiger partial charge is 0.504 e. The third-order valence-electron chi connectivity index (χ3n) is 2.57. The second-order valence-electron chi connectivity index (χ2n) is 4.25. The lowest BCUT2D eigenvalue weighted by molar-refractivity contribution is 0.0465. The zero-order valence-corrected chi connectivity index (χ0v) is 11.0. The van der Waals surface area contributed by atoms with Gasteiger partial charge in [-0.05, 0) is 25.0 Å². The summed E-state index contributed by atoms with van der Waals surface area (Å²) in [7, 11) is 1.44. The van der Waals surface area contributed by atoms with Gasteiger partial charge in [-0.25, -0.2) is 4.79 Å². The van der Waals surface area contributed by atoms with Crippen LogP contribution in [0.15, 0.2) is 18.2 Å². The van der Waals surface area contributed by atoms with Crippen molar-refractivity contribution in [2.45, 2.75) is 26.9 Å². The predicted molar refractivity (Wildman–Crippen MR) is 66.1 cm³/mol. The number of carbonyl (C=O) groups is 1. The van der Waals surface area contributed by atoms with Crippen LogP contribution in [-0.2, 0) is 4.74 Å². The van der Waals surface area contributed by atoms with E-state index in [9.17, 15) is 9.90 Å². The average Bonchev–Trinajstić information content (AvgIpc) is 2.28. The van der Waals surface area contributed by atoms with E-state index in [2.05, 4.69) is 0 Å². The van der Waals surface area contributed by atoms with Crippen LogP contribution in [0.4, 0.5) is 4.79 Å². The van der Waals surface area contributed by atoms with E-state index >= 15 is 0 Å². The average molecular weight is 254 g/mol. The monoisotopic (exact) mass is 254 g/mol. The summed E-state index contributed by atoms with van der Waals surface area (Å²) in [5.41, 5.74) is 0. The summed E-state index contributed by atoms with van der Waals surface area (Å²) < 4.78 is 14.9. The molecule has 0 aromatic heterocycles.